The van der Waals surface area contributed by atoms with Crippen molar-refractivity contribution in [1.82, 2.24) is 15.2 Å². The molecule has 0 unspecified atom stereocenters. The Hall–Kier alpha value is -1.62. The molecule has 0 aromatic carbocycles. The first-order valence-electron chi connectivity index (χ1n) is 7.67. The third-order valence-electron chi connectivity index (χ3n) is 3.07. The number of nitrogens with zero attached hydrogens (tertiary/aromatic N) is 2. The number of amides is 1. The van der Waals surface area contributed by atoms with Crippen molar-refractivity contribution in [2.75, 3.05) is 20.6 Å². The number of carbonyl (C=O) groups excluding carboxylic acids is 1. The predicted octanol–water partition coefficient (Wildman–Crippen LogP) is 3.20. The van der Waals surface area contributed by atoms with E-state index in [4.69, 9.17) is 4.74 Å². The Balaban J connectivity index is 2.34. The van der Waals surface area contributed by atoms with Crippen LogP contribution in [-0.4, -0.2) is 36.6 Å². The van der Waals surface area contributed by atoms with Crippen molar-refractivity contribution in [3.8, 4) is 5.75 Å². The van der Waals surface area contributed by atoms with Crippen molar-refractivity contribution in [2.24, 2.45) is 0 Å². The minimum atomic E-state index is -0.404. The van der Waals surface area contributed by atoms with Crippen LogP contribution in [0.5, 0.6) is 5.75 Å². The van der Waals surface area contributed by atoms with Crippen LogP contribution >= 0.6 is 0 Å². The molecule has 0 aliphatic heterocycles. The summed E-state index contributed by atoms with van der Waals surface area (Å²) < 4.78 is 5.33. The van der Waals surface area contributed by atoms with Crippen molar-refractivity contribution in [3.05, 3.63) is 24.0 Å². The van der Waals surface area contributed by atoms with Crippen LogP contribution in [0.1, 0.15) is 44.7 Å². The second kappa shape index (κ2) is 10.2. The van der Waals surface area contributed by atoms with Crippen LogP contribution in [0, 0.1) is 0 Å². The van der Waals surface area contributed by atoms with Crippen LogP contribution in [0.4, 0.5) is 4.79 Å². The summed E-state index contributed by atoms with van der Waals surface area (Å²) in [5, 5.41) is 2.79. The molecule has 0 fully saturated rings. The molecule has 0 radical (unpaired) electrons. The maximum atomic E-state index is 11.8. The van der Waals surface area contributed by atoms with Gasteiger partial charge in [0.2, 0.25) is 0 Å². The second-order valence-electron chi connectivity index (χ2n) is 5.42. The molecule has 1 aromatic heterocycles. The minimum absolute atomic E-state index is 0.404. The molecule has 1 amide bonds. The van der Waals surface area contributed by atoms with Crippen molar-refractivity contribution < 1.29 is 9.53 Å². The zero-order valence-electron chi connectivity index (χ0n) is 13.4. The molecule has 0 bridgehead atoms. The lowest BCUT2D eigenvalue weighted by molar-refractivity contribution is 0.199. The van der Waals surface area contributed by atoms with Gasteiger partial charge in [-0.25, -0.2) is 4.79 Å². The Morgan fingerprint density at radius 1 is 1.29 bits per heavy atom. The monoisotopic (exact) mass is 293 g/mol. The highest BCUT2D eigenvalue weighted by atomic mass is 16.6. The van der Waals surface area contributed by atoms with E-state index in [0.29, 0.717) is 18.8 Å². The van der Waals surface area contributed by atoms with E-state index in [1.807, 2.05) is 19.0 Å². The zero-order valence-corrected chi connectivity index (χ0v) is 13.4. The smallest absolute Gasteiger partial charge is 0.408 e. The predicted molar refractivity (Wildman–Crippen MR) is 84.4 cm³/mol. The average Bonchev–Trinajstić information content (AvgIpc) is 2.44. The van der Waals surface area contributed by atoms with Gasteiger partial charge < -0.3 is 15.0 Å². The fraction of sp³-hybridized carbons (Fsp3) is 0.625. The third-order valence-corrected chi connectivity index (χ3v) is 3.07. The maximum absolute atomic E-state index is 11.8. The van der Waals surface area contributed by atoms with Gasteiger partial charge in [0.25, 0.3) is 0 Å². The molecular formula is C16H27N3O2. The highest BCUT2D eigenvalue weighted by Gasteiger charge is 2.10. The van der Waals surface area contributed by atoms with Crippen LogP contribution in [0.3, 0.4) is 0 Å². The number of hydrogen-bond donors (Lipinski definition) is 1. The van der Waals surface area contributed by atoms with Crippen LogP contribution in [-0.2, 0) is 6.54 Å². The molecule has 1 N–H and O–H groups in total. The molecule has 0 atom stereocenters. The molecule has 0 spiro atoms. The number of aromatic nitrogens is 1. The number of unbranched alkanes of at least 4 members (excludes halogenated alkanes) is 4. The van der Waals surface area contributed by atoms with Crippen molar-refractivity contribution in [2.45, 2.75) is 45.6 Å². The molecule has 1 heterocycles. The van der Waals surface area contributed by atoms with E-state index >= 15 is 0 Å². The fourth-order valence-electron chi connectivity index (χ4n) is 1.99. The Bertz CT molecular complexity index is 422. The standard InChI is InChI=1S/C16H27N3O2/c1-4-5-6-7-8-11-18-16(20)21-15-10-9-12-17-14(15)13-19(2)3/h9-10,12H,4-8,11,13H2,1-3H3,(H,18,20). The summed E-state index contributed by atoms with van der Waals surface area (Å²) in [6.07, 6.45) is 7.15. The quantitative estimate of drug-likeness (QED) is 0.710. The van der Waals surface area contributed by atoms with Crippen LogP contribution < -0.4 is 10.1 Å². The molecule has 1 aromatic rings. The van der Waals surface area contributed by atoms with Gasteiger partial charge in [-0.2, -0.15) is 0 Å². The molecule has 118 valence electrons. The summed E-state index contributed by atoms with van der Waals surface area (Å²) in [6.45, 7) is 3.49. The van der Waals surface area contributed by atoms with E-state index in [1.54, 1.807) is 18.3 Å². The van der Waals surface area contributed by atoms with Gasteiger partial charge in [-0.15, -0.1) is 0 Å². The Morgan fingerprint density at radius 3 is 2.76 bits per heavy atom. The Morgan fingerprint density at radius 2 is 2.05 bits per heavy atom. The minimum Gasteiger partial charge on any atom is -0.408 e. The van der Waals surface area contributed by atoms with Gasteiger partial charge in [-0.3, -0.25) is 4.98 Å². The highest BCUT2D eigenvalue weighted by molar-refractivity contribution is 5.70. The lowest BCUT2D eigenvalue weighted by Gasteiger charge is -2.13. The number of pyridine rings is 1. The van der Waals surface area contributed by atoms with E-state index in [-0.39, 0.29) is 0 Å². The number of carbonyl (C=O) groups is 1. The first-order chi connectivity index (χ1) is 10.1. The van der Waals surface area contributed by atoms with Gasteiger partial charge in [0.15, 0.2) is 5.75 Å². The van der Waals surface area contributed by atoms with Gasteiger partial charge in [-0.1, -0.05) is 32.6 Å². The lowest BCUT2D eigenvalue weighted by Crippen LogP contribution is -2.28. The maximum Gasteiger partial charge on any atom is 0.412 e. The molecule has 0 aliphatic rings. The largest absolute Gasteiger partial charge is 0.412 e. The number of nitrogens with one attached hydrogen (secondary N) is 1. The molecular weight excluding hydrogens is 266 g/mol. The molecule has 5 heteroatoms. The van der Waals surface area contributed by atoms with Gasteiger partial charge in [-0.05, 0) is 32.6 Å². The van der Waals surface area contributed by atoms with Crippen molar-refractivity contribution in [1.29, 1.82) is 0 Å². The topological polar surface area (TPSA) is 54.5 Å². The summed E-state index contributed by atoms with van der Waals surface area (Å²) in [4.78, 5) is 18.0. The SMILES string of the molecule is CCCCCCCNC(=O)Oc1cccnc1CN(C)C. The molecule has 0 aliphatic carbocycles. The zero-order chi connectivity index (χ0) is 15.5. The summed E-state index contributed by atoms with van der Waals surface area (Å²) in [5.74, 6) is 0.523. The normalized spacial score (nSPS) is 10.7. The highest BCUT2D eigenvalue weighted by Crippen LogP contribution is 2.16. The fourth-order valence-corrected chi connectivity index (χ4v) is 1.99. The van der Waals surface area contributed by atoms with E-state index in [9.17, 15) is 4.79 Å². The van der Waals surface area contributed by atoms with Crippen LogP contribution in [0.2, 0.25) is 0 Å². The number of rotatable bonds is 9. The summed E-state index contributed by atoms with van der Waals surface area (Å²) in [7, 11) is 3.91. The molecule has 21 heavy (non-hydrogen) atoms. The first kappa shape index (κ1) is 17.4. The van der Waals surface area contributed by atoms with E-state index in [0.717, 1.165) is 18.5 Å². The Labute approximate surface area is 127 Å². The molecule has 0 saturated heterocycles. The third kappa shape index (κ3) is 7.66. The summed E-state index contributed by atoms with van der Waals surface area (Å²) in [6, 6.07) is 3.54. The van der Waals surface area contributed by atoms with Crippen LogP contribution in [0.25, 0.3) is 0 Å². The van der Waals surface area contributed by atoms with E-state index in [2.05, 4.69) is 17.2 Å². The molecule has 1 rings (SSSR count). The second-order valence-corrected chi connectivity index (χ2v) is 5.42. The van der Waals surface area contributed by atoms with Gasteiger partial charge in [0.05, 0.1) is 5.69 Å². The van der Waals surface area contributed by atoms with Crippen molar-refractivity contribution >= 4 is 6.09 Å². The summed E-state index contributed by atoms with van der Waals surface area (Å²) in [5.41, 5.74) is 0.764. The van der Waals surface area contributed by atoms with Crippen LogP contribution in [0.15, 0.2) is 18.3 Å². The average molecular weight is 293 g/mol. The van der Waals surface area contributed by atoms with Gasteiger partial charge >= 0.3 is 6.09 Å². The molecule has 0 saturated carbocycles. The summed E-state index contributed by atoms with van der Waals surface area (Å²) >= 11 is 0. The Kier molecular flexibility index (Phi) is 8.43. The number of hydrogen-bond acceptors (Lipinski definition) is 4. The molecule has 5 nitrogen and oxygen atoms in total. The van der Waals surface area contributed by atoms with E-state index < -0.39 is 6.09 Å². The number of ether oxygens (including phenoxy) is 1. The van der Waals surface area contributed by atoms with Gasteiger partial charge in [0, 0.05) is 19.3 Å². The van der Waals surface area contributed by atoms with Gasteiger partial charge in [0.1, 0.15) is 0 Å². The van der Waals surface area contributed by atoms with E-state index in [1.165, 1.54) is 19.3 Å². The first-order valence-corrected chi connectivity index (χ1v) is 7.67. The van der Waals surface area contributed by atoms with Crippen molar-refractivity contribution in [3.63, 3.8) is 0 Å². The lowest BCUT2D eigenvalue weighted by atomic mass is 10.1.